The van der Waals surface area contributed by atoms with Crippen LogP contribution in [0.3, 0.4) is 0 Å². The van der Waals surface area contributed by atoms with Crippen LogP contribution in [-0.2, 0) is 10.0 Å². The van der Waals surface area contributed by atoms with Gasteiger partial charge in [0.2, 0.25) is 10.0 Å². The predicted molar refractivity (Wildman–Crippen MR) is 115 cm³/mol. The number of para-hydroxylation sites is 2. The van der Waals surface area contributed by atoms with Crippen LogP contribution in [0.15, 0.2) is 53.4 Å². The van der Waals surface area contributed by atoms with E-state index in [9.17, 15) is 12.8 Å². The summed E-state index contributed by atoms with van der Waals surface area (Å²) >= 11 is 0. The van der Waals surface area contributed by atoms with Gasteiger partial charge in [0.05, 0.1) is 12.8 Å². The lowest BCUT2D eigenvalue weighted by Gasteiger charge is -2.43. The van der Waals surface area contributed by atoms with Crippen molar-refractivity contribution in [3.05, 3.63) is 54.3 Å². The lowest BCUT2D eigenvalue weighted by molar-refractivity contribution is 0.128. The third-order valence-electron chi connectivity index (χ3n) is 6.07. The maximum Gasteiger partial charge on any atom is 0.246 e. The molecule has 0 spiro atoms. The predicted octanol–water partition coefficient (Wildman–Crippen LogP) is 2.81. The third-order valence-corrected chi connectivity index (χ3v) is 7.97. The van der Waals surface area contributed by atoms with E-state index in [1.165, 1.54) is 22.5 Å². The SMILES string of the molecule is COc1ccccc1N1CCN(C2CCCN(S(=O)(=O)c3ccccc3F)C2)CC1. The zero-order chi connectivity index (χ0) is 21.1. The Bertz CT molecular complexity index is 977. The molecule has 4 rings (SSSR count). The molecule has 8 heteroatoms. The zero-order valence-electron chi connectivity index (χ0n) is 17.2. The molecular formula is C22H28FN3O3S. The van der Waals surface area contributed by atoms with E-state index >= 15 is 0 Å². The Morgan fingerprint density at radius 2 is 1.67 bits per heavy atom. The second-order valence-corrected chi connectivity index (χ2v) is 9.69. The molecule has 2 fully saturated rings. The van der Waals surface area contributed by atoms with Crippen LogP contribution in [0.1, 0.15) is 12.8 Å². The van der Waals surface area contributed by atoms with Crippen molar-refractivity contribution in [1.29, 1.82) is 0 Å². The van der Waals surface area contributed by atoms with Crippen molar-refractivity contribution in [2.24, 2.45) is 0 Å². The molecule has 2 saturated heterocycles. The molecule has 0 amide bonds. The minimum atomic E-state index is -3.82. The number of rotatable bonds is 5. The van der Waals surface area contributed by atoms with E-state index in [1.807, 2.05) is 18.2 Å². The van der Waals surface area contributed by atoms with E-state index in [2.05, 4.69) is 15.9 Å². The van der Waals surface area contributed by atoms with Crippen molar-refractivity contribution >= 4 is 15.7 Å². The summed E-state index contributed by atoms with van der Waals surface area (Å²) < 4.78 is 47.0. The van der Waals surface area contributed by atoms with Gasteiger partial charge in [-0.2, -0.15) is 4.31 Å². The molecule has 0 aromatic heterocycles. The van der Waals surface area contributed by atoms with Crippen molar-refractivity contribution in [3.8, 4) is 5.75 Å². The van der Waals surface area contributed by atoms with Gasteiger partial charge in [-0.15, -0.1) is 0 Å². The first-order chi connectivity index (χ1) is 14.5. The number of piperidine rings is 1. The van der Waals surface area contributed by atoms with Gasteiger partial charge in [0.1, 0.15) is 16.5 Å². The number of nitrogens with zero attached hydrogens (tertiary/aromatic N) is 3. The van der Waals surface area contributed by atoms with Crippen LogP contribution >= 0.6 is 0 Å². The maximum absolute atomic E-state index is 14.1. The van der Waals surface area contributed by atoms with E-state index in [4.69, 9.17) is 4.74 Å². The zero-order valence-corrected chi connectivity index (χ0v) is 18.0. The molecule has 30 heavy (non-hydrogen) atoms. The number of anilines is 1. The van der Waals surface area contributed by atoms with E-state index in [-0.39, 0.29) is 10.9 Å². The fourth-order valence-electron chi connectivity index (χ4n) is 4.45. The van der Waals surface area contributed by atoms with Gasteiger partial charge in [-0.3, -0.25) is 4.90 Å². The summed E-state index contributed by atoms with van der Waals surface area (Å²) in [5.41, 5.74) is 1.09. The van der Waals surface area contributed by atoms with E-state index in [0.29, 0.717) is 13.1 Å². The number of benzene rings is 2. The molecule has 0 aliphatic carbocycles. The molecule has 2 aliphatic heterocycles. The van der Waals surface area contributed by atoms with E-state index < -0.39 is 15.8 Å². The molecule has 0 radical (unpaired) electrons. The Morgan fingerprint density at radius 3 is 2.40 bits per heavy atom. The van der Waals surface area contributed by atoms with Crippen LogP contribution in [0.2, 0.25) is 0 Å². The van der Waals surface area contributed by atoms with Crippen LogP contribution < -0.4 is 9.64 Å². The first-order valence-corrected chi connectivity index (χ1v) is 11.8. The smallest absolute Gasteiger partial charge is 0.246 e. The highest BCUT2D eigenvalue weighted by Gasteiger charge is 2.35. The Hall–Kier alpha value is -2.16. The largest absolute Gasteiger partial charge is 0.495 e. The van der Waals surface area contributed by atoms with E-state index in [1.54, 1.807) is 13.2 Å². The van der Waals surface area contributed by atoms with Crippen LogP contribution in [0.4, 0.5) is 10.1 Å². The lowest BCUT2D eigenvalue weighted by atomic mass is 10.0. The van der Waals surface area contributed by atoms with Crippen LogP contribution in [0, 0.1) is 5.82 Å². The van der Waals surface area contributed by atoms with Crippen LogP contribution in [0.25, 0.3) is 0 Å². The molecule has 2 aromatic rings. The summed E-state index contributed by atoms with van der Waals surface area (Å²) in [6.45, 7) is 4.28. The minimum Gasteiger partial charge on any atom is -0.495 e. The van der Waals surface area contributed by atoms with Crippen LogP contribution in [-0.4, -0.2) is 70.0 Å². The van der Waals surface area contributed by atoms with Gasteiger partial charge < -0.3 is 9.64 Å². The number of ether oxygens (including phenoxy) is 1. The fourth-order valence-corrected chi connectivity index (χ4v) is 6.03. The quantitative estimate of drug-likeness (QED) is 0.726. The first-order valence-electron chi connectivity index (χ1n) is 10.4. The molecule has 162 valence electrons. The molecular weight excluding hydrogens is 405 g/mol. The summed E-state index contributed by atoms with van der Waals surface area (Å²) in [7, 11) is -2.14. The van der Waals surface area contributed by atoms with Gasteiger partial charge >= 0.3 is 0 Å². The van der Waals surface area contributed by atoms with Gasteiger partial charge in [0.25, 0.3) is 0 Å². The molecule has 2 aliphatic rings. The number of sulfonamides is 1. The lowest BCUT2D eigenvalue weighted by Crippen LogP contribution is -2.55. The summed E-state index contributed by atoms with van der Waals surface area (Å²) in [5.74, 6) is 0.177. The average Bonchev–Trinajstić information content (AvgIpc) is 2.79. The van der Waals surface area contributed by atoms with Crippen molar-refractivity contribution in [2.45, 2.75) is 23.8 Å². The topological polar surface area (TPSA) is 53.1 Å². The fraction of sp³-hybridized carbons (Fsp3) is 0.455. The summed E-state index contributed by atoms with van der Waals surface area (Å²) in [6, 6.07) is 13.8. The molecule has 6 nitrogen and oxygen atoms in total. The number of hydrogen-bond donors (Lipinski definition) is 0. The highest BCUT2D eigenvalue weighted by atomic mass is 32.2. The third kappa shape index (κ3) is 4.17. The second-order valence-electron chi connectivity index (χ2n) is 7.78. The van der Waals surface area contributed by atoms with Gasteiger partial charge in [-0.25, -0.2) is 12.8 Å². The highest BCUT2D eigenvalue weighted by molar-refractivity contribution is 7.89. The summed E-state index contributed by atoms with van der Waals surface area (Å²) in [6.07, 6.45) is 1.74. The average molecular weight is 434 g/mol. The van der Waals surface area contributed by atoms with Gasteiger partial charge in [0.15, 0.2) is 0 Å². The van der Waals surface area contributed by atoms with Gasteiger partial charge in [0, 0.05) is 45.3 Å². The van der Waals surface area contributed by atoms with Gasteiger partial charge in [-0.1, -0.05) is 24.3 Å². The van der Waals surface area contributed by atoms with Crippen LogP contribution in [0.5, 0.6) is 5.75 Å². The van der Waals surface area contributed by atoms with Crippen molar-refractivity contribution in [3.63, 3.8) is 0 Å². The molecule has 0 bridgehead atoms. The number of hydrogen-bond acceptors (Lipinski definition) is 5. The first kappa shape index (κ1) is 21.1. The van der Waals surface area contributed by atoms with Crippen molar-refractivity contribution in [1.82, 2.24) is 9.21 Å². The monoisotopic (exact) mass is 433 g/mol. The summed E-state index contributed by atoms with van der Waals surface area (Å²) in [5, 5.41) is 0. The molecule has 1 atom stereocenters. The number of piperazine rings is 1. The Kier molecular flexibility index (Phi) is 6.26. The minimum absolute atomic E-state index is 0.153. The molecule has 2 heterocycles. The molecule has 2 aromatic carbocycles. The summed E-state index contributed by atoms with van der Waals surface area (Å²) in [4.78, 5) is 4.45. The Balaban J connectivity index is 1.42. The molecule has 0 N–H and O–H groups in total. The molecule has 0 saturated carbocycles. The second kappa shape index (κ2) is 8.91. The number of methoxy groups -OCH3 is 1. The molecule has 1 unspecified atom stereocenters. The Morgan fingerprint density at radius 1 is 0.967 bits per heavy atom. The van der Waals surface area contributed by atoms with Crippen molar-refractivity contribution < 1.29 is 17.5 Å². The maximum atomic E-state index is 14.1. The van der Waals surface area contributed by atoms with Gasteiger partial charge in [-0.05, 0) is 37.1 Å². The highest BCUT2D eigenvalue weighted by Crippen LogP contribution is 2.30. The standard InChI is InChI=1S/C22H28FN3O3S/c1-29-21-10-4-3-9-20(21)25-15-13-24(14-16-25)18-7-6-12-26(17-18)30(27,28)22-11-5-2-8-19(22)23/h2-5,8-11,18H,6-7,12-17H2,1H3. The number of halogens is 1. The van der Waals surface area contributed by atoms with E-state index in [0.717, 1.165) is 50.5 Å². The Labute approximate surface area is 177 Å². The van der Waals surface area contributed by atoms with Crippen molar-refractivity contribution in [2.75, 3.05) is 51.3 Å². The normalized spacial score (nSPS) is 21.5.